The van der Waals surface area contributed by atoms with Crippen LogP contribution in [0.25, 0.3) is 11.0 Å². The average Bonchev–Trinajstić information content (AvgIpc) is 3.24. The molecule has 1 aromatic heterocycles. The van der Waals surface area contributed by atoms with E-state index in [-0.39, 0.29) is 30.6 Å². The van der Waals surface area contributed by atoms with Gasteiger partial charge in [-0.15, -0.1) is 0 Å². The number of hydrogen-bond acceptors (Lipinski definition) is 4. The van der Waals surface area contributed by atoms with Gasteiger partial charge in [-0.3, -0.25) is 0 Å². The Labute approximate surface area is 182 Å². The molecule has 0 spiro atoms. The van der Waals surface area contributed by atoms with Crippen LogP contribution in [0.5, 0.6) is 5.75 Å². The van der Waals surface area contributed by atoms with Crippen molar-refractivity contribution in [2.45, 2.75) is 44.2 Å². The molecule has 0 radical (unpaired) electrons. The van der Waals surface area contributed by atoms with E-state index in [1.54, 1.807) is 7.11 Å². The number of aliphatic hydroxyl groups excluding tert-OH is 1. The summed E-state index contributed by atoms with van der Waals surface area (Å²) in [6, 6.07) is 15.1. The van der Waals surface area contributed by atoms with Crippen molar-refractivity contribution >= 4 is 17.1 Å². The largest absolute Gasteiger partial charge is 0.497 e. The number of aromatic nitrogens is 2. The number of H-pyrrole nitrogens is 1. The molecule has 0 saturated heterocycles. The minimum atomic E-state index is -0.322. The first kappa shape index (κ1) is 21.2. The number of rotatable bonds is 7. The van der Waals surface area contributed by atoms with Gasteiger partial charge in [-0.25, -0.2) is 9.78 Å². The fraction of sp³-hybridized carbons (Fsp3) is 0.417. The topological polar surface area (TPSA) is 99.3 Å². The Balaban J connectivity index is 1.53. The highest BCUT2D eigenvalue weighted by Crippen LogP contribution is 2.25. The molecule has 4 rings (SSSR count). The number of nitrogens with one attached hydrogen (secondary N) is 3. The van der Waals surface area contributed by atoms with Crippen molar-refractivity contribution in [3.63, 3.8) is 0 Å². The maximum atomic E-state index is 12.9. The van der Waals surface area contributed by atoms with Gasteiger partial charge in [0, 0.05) is 18.6 Å². The average molecular weight is 423 g/mol. The number of methoxy groups -OCH3 is 1. The van der Waals surface area contributed by atoms with Crippen molar-refractivity contribution in [3.8, 4) is 5.75 Å². The van der Waals surface area contributed by atoms with Crippen molar-refractivity contribution < 1.29 is 14.6 Å². The summed E-state index contributed by atoms with van der Waals surface area (Å²) >= 11 is 0. The van der Waals surface area contributed by atoms with Crippen LogP contribution in [0.1, 0.15) is 43.1 Å². The first-order valence-electron chi connectivity index (χ1n) is 10.9. The van der Waals surface area contributed by atoms with Gasteiger partial charge in [0.15, 0.2) is 0 Å². The van der Waals surface area contributed by atoms with E-state index in [0.29, 0.717) is 6.42 Å². The number of urea groups is 1. The van der Waals surface area contributed by atoms with Gasteiger partial charge < -0.3 is 25.5 Å². The van der Waals surface area contributed by atoms with E-state index in [9.17, 15) is 9.90 Å². The van der Waals surface area contributed by atoms with Gasteiger partial charge in [-0.2, -0.15) is 0 Å². The van der Waals surface area contributed by atoms with Gasteiger partial charge in [-0.1, -0.05) is 37.1 Å². The summed E-state index contributed by atoms with van der Waals surface area (Å²) in [5.41, 5.74) is 2.87. The fourth-order valence-corrected chi connectivity index (χ4v) is 4.34. The van der Waals surface area contributed by atoms with Gasteiger partial charge in [0.1, 0.15) is 11.6 Å². The molecule has 1 aliphatic carbocycles. The molecule has 1 saturated carbocycles. The number of benzene rings is 2. The van der Waals surface area contributed by atoms with Gasteiger partial charge >= 0.3 is 6.03 Å². The second-order valence-electron chi connectivity index (χ2n) is 8.20. The Morgan fingerprint density at radius 2 is 1.97 bits per heavy atom. The second-order valence-corrected chi connectivity index (χ2v) is 8.20. The van der Waals surface area contributed by atoms with Crippen LogP contribution in [-0.4, -0.2) is 40.9 Å². The van der Waals surface area contributed by atoms with Crippen LogP contribution in [-0.2, 0) is 6.42 Å². The number of nitrogens with zero attached hydrogens (tertiary/aromatic N) is 1. The summed E-state index contributed by atoms with van der Waals surface area (Å²) in [4.78, 5) is 21.0. The highest BCUT2D eigenvalue weighted by molar-refractivity contribution is 5.76. The Morgan fingerprint density at radius 1 is 1.19 bits per heavy atom. The first-order valence-corrected chi connectivity index (χ1v) is 10.9. The number of aromatic amines is 1. The lowest BCUT2D eigenvalue weighted by atomic mass is 9.85. The number of amides is 2. The number of ether oxygens (including phenoxy) is 1. The van der Waals surface area contributed by atoms with E-state index in [4.69, 9.17) is 9.72 Å². The highest BCUT2D eigenvalue weighted by atomic mass is 16.5. The number of aliphatic hydroxyl groups is 1. The van der Waals surface area contributed by atoms with E-state index in [1.165, 1.54) is 0 Å². The van der Waals surface area contributed by atoms with Gasteiger partial charge in [0.2, 0.25) is 0 Å². The lowest BCUT2D eigenvalue weighted by molar-refractivity contribution is 0.153. The van der Waals surface area contributed by atoms with Crippen molar-refractivity contribution in [3.05, 3.63) is 59.9 Å². The summed E-state index contributed by atoms with van der Waals surface area (Å²) in [5.74, 6) is 1.63. The molecule has 1 heterocycles. The van der Waals surface area contributed by atoms with Crippen LogP contribution >= 0.6 is 0 Å². The minimum Gasteiger partial charge on any atom is -0.497 e. The normalized spacial score (nSPS) is 19.7. The van der Waals surface area contributed by atoms with Crippen LogP contribution in [0.2, 0.25) is 0 Å². The van der Waals surface area contributed by atoms with E-state index in [0.717, 1.165) is 53.9 Å². The number of hydrogen-bond donors (Lipinski definition) is 4. The molecular weight excluding hydrogens is 392 g/mol. The van der Waals surface area contributed by atoms with Crippen LogP contribution in [0.15, 0.2) is 48.5 Å². The van der Waals surface area contributed by atoms with Crippen LogP contribution < -0.4 is 15.4 Å². The highest BCUT2D eigenvalue weighted by Gasteiger charge is 2.27. The molecule has 4 N–H and O–H groups in total. The number of fused-ring (bicyclic) bond motifs is 1. The quantitative estimate of drug-likeness (QED) is 0.466. The molecule has 7 heteroatoms. The number of para-hydroxylation sites is 2. The third kappa shape index (κ3) is 5.17. The van der Waals surface area contributed by atoms with E-state index >= 15 is 0 Å². The predicted octanol–water partition coefficient (Wildman–Crippen LogP) is 3.71. The Hall–Kier alpha value is -3.06. The smallest absolute Gasteiger partial charge is 0.315 e. The Morgan fingerprint density at radius 3 is 2.71 bits per heavy atom. The molecule has 3 atom stereocenters. The molecule has 0 aliphatic heterocycles. The summed E-state index contributed by atoms with van der Waals surface area (Å²) in [6.07, 6.45) is 4.60. The molecular formula is C24H30N4O3. The van der Waals surface area contributed by atoms with Crippen LogP contribution in [0.4, 0.5) is 4.79 Å². The molecule has 2 amide bonds. The Kier molecular flexibility index (Phi) is 6.72. The SMILES string of the molecule is COc1ccc(C[C@@H](NC(=O)N[C@H]2CCCC[C@H]2CO)c2nc3ccccc3[nH]2)cc1. The van der Waals surface area contributed by atoms with Crippen LogP contribution in [0, 0.1) is 5.92 Å². The maximum Gasteiger partial charge on any atom is 0.315 e. The van der Waals surface area contributed by atoms with Crippen LogP contribution in [0.3, 0.4) is 0 Å². The number of carbonyl (C=O) groups excluding carboxylic acids is 1. The zero-order valence-electron chi connectivity index (χ0n) is 17.8. The minimum absolute atomic E-state index is 0.00365. The van der Waals surface area contributed by atoms with E-state index < -0.39 is 0 Å². The van der Waals surface area contributed by atoms with Gasteiger partial charge in [0.05, 0.1) is 24.2 Å². The Bertz CT molecular complexity index is 968. The lowest BCUT2D eigenvalue weighted by Gasteiger charge is -2.31. The fourth-order valence-electron chi connectivity index (χ4n) is 4.34. The molecule has 164 valence electrons. The van der Waals surface area contributed by atoms with Crippen molar-refractivity contribution in [1.29, 1.82) is 0 Å². The number of imidazole rings is 1. The third-order valence-corrected chi connectivity index (χ3v) is 6.10. The molecule has 2 aromatic carbocycles. The van der Waals surface area contributed by atoms with E-state index in [1.807, 2.05) is 48.5 Å². The molecule has 1 fully saturated rings. The lowest BCUT2D eigenvalue weighted by Crippen LogP contribution is -2.48. The molecule has 0 bridgehead atoms. The van der Waals surface area contributed by atoms with Crippen molar-refractivity contribution in [2.75, 3.05) is 13.7 Å². The predicted molar refractivity (Wildman–Crippen MR) is 120 cm³/mol. The summed E-state index contributed by atoms with van der Waals surface area (Å²) in [7, 11) is 1.64. The van der Waals surface area contributed by atoms with Gasteiger partial charge in [0.25, 0.3) is 0 Å². The first-order chi connectivity index (χ1) is 15.2. The monoisotopic (exact) mass is 422 g/mol. The standard InChI is InChI=1S/C24H30N4O3/c1-31-18-12-10-16(11-13-18)14-22(23-25-20-8-4-5-9-21(20)26-23)28-24(30)27-19-7-3-2-6-17(19)15-29/h4-5,8-13,17,19,22,29H,2-3,6-7,14-15H2,1H3,(H,25,26)(H2,27,28,30)/t17-,19-,22+/m0/s1. The molecule has 3 aromatic rings. The summed E-state index contributed by atoms with van der Waals surface area (Å²) in [5, 5.41) is 15.8. The zero-order valence-corrected chi connectivity index (χ0v) is 17.8. The third-order valence-electron chi connectivity index (χ3n) is 6.10. The van der Waals surface area contributed by atoms with Crippen molar-refractivity contribution in [2.24, 2.45) is 5.92 Å². The molecule has 31 heavy (non-hydrogen) atoms. The summed E-state index contributed by atoms with van der Waals surface area (Å²) < 4.78 is 5.25. The van der Waals surface area contributed by atoms with Crippen molar-refractivity contribution in [1.82, 2.24) is 20.6 Å². The molecule has 0 unspecified atom stereocenters. The maximum absolute atomic E-state index is 12.9. The number of carbonyl (C=O) groups is 1. The zero-order chi connectivity index (χ0) is 21.6. The second kappa shape index (κ2) is 9.83. The molecule has 7 nitrogen and oxygen atoms in total. The van der Waals surface area contributed by atoms with E-state index in [2.05, 4.69) is 15.6 Å². The molecule has 1 aliphatic rings. The van der Waals surface area contributed by atoms with Gasteiger partial charge in [-0.05, 0) is 49.1 Å². The summed E-state index contributed by atoms with van der Waals surface area (Å²) in [6.45, 7) is 0.101.